The van der Waals surface area contributed by atoms with Crippen molar-refractivity contribution in [3.05, 3.63) is 123 Å². The van der Waals surface area contributed by atoms with E-state index in [1.807, 2.05) is 6.07 Å². The number of ketones is 2. The van der Waals surface area contributed by atoms with Crippen LogP contribution in [0.1, 0.15) is 20.7 Å². The van der Waals surface area contributed by atoms with Crippen LogP contribution in [0, 0.1) is 11.8 Å². The molecule has 0 unspecified atom stereocenters. The Morgan fingerprint density at radius 3 is 2.24 bits per heavy atom. The first-order valence-corrected chi connectivity index (χ1v) is 13.2. The summed E-state index contributed by atoms with van der Waals surface area (Å²) < 4.78 is 0.820. The molecule has 3 heterocycles. The van der Waals surface area contributed by atoms with Gasteiger partial charge in [-0.05, 0) is 36.4 Å². The number of rotatable bonds is 5. The molecular weight excluding hydrogens is 568 g/mol. The maximum atomic E-state index is 13.9. The van der Waals surface area contributed by atoms with Crippen molar-refractivity contribution in [2.75, 3.05) is 4.90 Å². The highest BCUT2D eigenvalue weighted by molar-refractivity contribution is 9.10. The van der Waals surface area contributed by atoms with Crippen LogP contribution in [0.25, 0.3) is 0 Å². The van der Waals surface area contributed by atoms with Gasteiger partial charge < -0.3 is 4.90 Å². The highest BCUT2D eigenvalue weighted by atomic mass is 79.9. The van der Waals surface area contributed by atoms with Gasteiger partial charge in [-0.2, -0.15) is 0 Å². The van der Waals surface area contributed by atoms with Crippen LogP contribution in [0.5, 0.6) is 0 Å². The summed E-state index contributed by atoms with van der Waals surface area (Å²) in [6, 6.07) is 20.8. The van der Waals surface area contributed by atoms with E-state index < -0.39 is 35.7 Å². The van der Waals surface area contributed by atoms with Crippen LogP contribution in [-0.4, -0.2) is 40.4 Å². The lowest BCUT2D eigenvalue weighted by Crippen LogP contribution is -2.46. The van der Waals surface area contributed by atoms with E-state index in [1.165, 1.54) is 0 Å². The topological polar surface area (TPSA) is 74.8 Å². The number of amides is 2. The summed E-state index contributed by atoms with van der Waals surface area (Å²) in [5, 5.41) is 0.389. The van der Waals surface area contributed by atoms with Crippen LogP contribution in [0.4, 0.5) is 5.69 Å². The highest BCUT2D eigenvalue weighted by Gasteiger charge is 2.63. The van der Waals surface area contributed by atoms with Crippen LogP contribution in [0.2, 0.25) is 5.02 Å². The highest BCUT2D eigenvalue weighted by Crippen LogP contribution is 2.47. The zero-order valence-corrected chi connectivity index (χ0v) is 22.2. The first-order chi connectivity index (χ1) is 18.3. The first-order valence-electron chi connectivity index (χ1n) is 12.1. The molecule has 3 aromatic carbocycles. The van der Waals surface area contributed by atoms with Gasteiger partial charge >= 0.3 is 0 Å². The molecule has 4 atom stereocenters. The Bertz CT molecular complexity index is 1550. The van der Waals surface area contributed by atoms with Crippen molar-refractivity contribution in [1.82, 2.24) is 4.90 Å². The second-order valence-electron chi connectivity index (χ2n) is 9.43. The summed E-state index contributed by atoms with van der Waals surface area (Å²) in [6.07, 6.45) is 5.04. The molecule has 3 aliphatic heterocycles. The standard InChI is InChI=1S/C30H20BrClN2O4/c31-20-11-9-18(10-12-20)28(36)26-25-24(29(37)34(30(25)38)22-8-4-7-21(32)16-22)23-15-19(13-14-33(23)26)27(35)17-5-2-1-3-6-17/h1-16,23-26H/t23-,24+,25+,26+/m1/s1. The number of imide groups is 1. The summed E-state index contributed by atoms with van der Waals surface area (Å²) in [5.41, 5.74) is 1.72. The Morgan fingerprint density at radius 1 is 0.816 bits per heavy atom. The number of hydrogen-bond donors (Lipinski definition) is 0. The maximum absolute atomic E-state index is 13.9. The Hall–Kier alpha value is -3.81. The average Bonchev–Trinajstić information content (AvgIpc) is 3.40. The molecule has 2 fully saturated rings. The molecule has 2 amide bonds. The molecule has 2 saturated heterocycles. The monoisotopic (exact) mass is 586 g/mol. The number of carbonyl (C=O) groups excluding carboxylic acids is 4. The second kappa shape index (κ2) is 9.49. The fraction of sp³-hybridized carbons (Fsp3) is 0.133. The minimum Gasteiger partial charge on any atom is -0.359 e. The van der Waals surface area contributed by atoms with E-state index in [4.69, 9.17) is 11.6 Å². The maximum Gasteiger partial charge on any atom is 0.240 e. The molecular formula is C30H20BrClN2O4. The molecule has 0 spiro atoms. The number of anilines is 1. The smallest absolute Gasteiger partial charge is 0.240 e. The van der Waals surface area contributed by atoms with Crippen molar-refractivity contribution in [1.29, 1.82) is 0 Å². The van der Waals surface area contributed by atoms with Gasteiger partial charge in [-0.1, -0.05) is 82.1 Å². The van der Waals surface area contributed by atoms with Gasteiger partial charge in [0, 0.05) is 32.4 Å². The van der Waals surface area contributed by atoms with E-state index in [-0.39, 0.29) is 11.6 Å². The van der Waals surface area contributed by atoms with Crippen molar-refractivity contribution in [2.24, 2.45) is 11.8 Å². The van der Waals surface area contributed by atoms with Crippen molar-refractivity contribution in [3.63, 3.8) is 0 Å². The number of halogens is 2. The molecule has 0 bridgehead atoms. The lowest BCUT2D eigenvalue weighted by molar-refractivity contribution is -0.123. The van der Waals surface area contributed by atoms with Crippen LogP contribution in [0.15, 0.2) is 107 Å². The van der Waals surface area contributed by atoms with Crippen molar-refractivity contribution < 1.29 is 19.2 Å². The van der Waals surface area contributed by atoms with Crippen LogP contribution >= 0.6 is 27.5 Å². The first kappa shape index (κ1) is 24.5. The zero-order valence-electron chi connectivity index (χ0n) is 19.8. The molecule has 6 rings (SSSR count). The largest absolute Gasteiger partial charge is 0.359 e. The van der Waals surface area contributed by atoms with Gasteiger partial charge in [0.2, 0.25) is 11.8 Å². The van der Waals surface area contributed by atoms with Crippen LogP contribution in [0.3, 0.4) is 0 Å². The van der Waals surface area contributed by atoms with Gasteiger partial charge in [0.1, 0.15) is 6.04 Å². The Balaban J connectivity index is 1.44. The number of nitrogens with zero attached hydrogens (tertiary/aromatic N) is 2. The summed E-state index contributed by atoms with van der Waals surface area (Å²) in [6.45, 7) is 0. The third kappa shape index (κ3) is 3.94. The molecule has 6 nitrogen and oxygen atoms in total. The Morgan fingerprint density at radius 2 is 1.53 bits per heavy atom. The lowest BCUT2D eigenvalue weighted by Gasteiger charge is -2.32. The minimum atomic E-state index is -0.922. The molecule has 38 heavy (non-hydrogen) atoms. The quantitative estimate of drug-likeness (QED) is 0.292. The SMILES string of the molecule is O=C(C1=C[C@@H]2[C@@H]3C(=O)N(c4cccc(Cl)c4)C(=O)[C@@H]3[C@@H](C(=O)c3ccc(Br)cc3)N2C=C1)c1ccccc1. The van der Waals surface area contributed by atoms with Gasteiger partial charge in [-0.15, -0.1) is 0 Å². The van der Waals surface area contributed by atoms with Crippen LogP contribution in [-0.2, 0) is 9.59 Å². The summed E-state index contributed by atoms with van der Waals surface area (Å²) in [5.74, 6) is -3.08. The molecule has 0 radical (unpaired) electrons. The molecule has 3 aromatic rings. The number of Topliss-reactive ketones (excluding diaryl/α,β-unsaturated/α-hetero) is 2. The summed E-state index contributed by atoms with van der Waals surface area (Å²) in [7, 11) is 0. The van der Waals surface area contributed by atoms with Gasteiger partial charge in [0.15, 0.2) is 11.6 Å². The van der Waals surface area contributed by atoms with E-state index in [2.05, 4.69) is 15.9 Å². The Labute approximate surface area is 232 Å². The molecule has 0 aliphatic carbocycles. The van der Waals surface area contributed by atoms with Crippen LogP contribution < -0.4 is 4.90 Å². The fourth-order valence-corrected chi connectivity index (χ4v) is 6.06. The number of benzene rings is 3. The van der Waals surface area contributed by atoms with E-state index in [9.17, 15) is 19.2 Å². The molecule has 0 N–H and O–H groups in total. The van der Waals surface area contributed by atoms with Gasteiger partial charge in [0.25, 0.3) is 0 Å². The van der Waals surface area contributed by atoms with Gasteiger partial charge in [0.05, 0.1) is 23.6 Å². The third-order valence-corrected chi connectivity index (χ3v) is 8.07. The van der Waals surface area contributed by atoms with E-state index in [0.29, 0.717) is 27.4 Å². The molecule has 0 saturated carbocycles. The predicted molar refractivity (Wildman–Crippen MR) is 147 cm³/mol. The van der Waals surface area contributed by atoms with E-state index in [0.717, 1.165) is 9.37 Å². The van der Waals surface area contributed by atoms with E-state index in [1.54, 1.807) is 96.0 Å². The molecule has 188 valence electrons. The second-order valence-corrected chi connectivity index (χ2v) is 10.8. The third-order valence-electron chi connectivity index (χ3n) is 7.31. The lowest BCUT2D eigenvalue weighted by atomic mass is 9.85. The number of carbonyl (C=O) groups is 4. The summed E-state index contributed by atoms with van der Waals surface area (Å²) >= 11 is 9.55. The van der Waals surface area contributed by atoms with Crippen molar-refractivity contribution in [2.45, 2.75) is 12.1 Å². The van der Waals surface area contributed by atoms with Crippen molar-refractivity contribution in [3.8, 4) is 0 Å². The predicted octanol–water partition coefficient (Wildman–Crippen LogP) is 5.48. The summed E-state index contributed by atoms with van der Waals surface area (Å²) in [4.78, 5) is 57.7. The zero-order chi connectivity index (χ0) is 26.6. The normalized spacial score (nSPS) is 23.8. The van der Waals surface area contributed by atoms with Gasteiger partial charge in [-0.3, -0.25) is 19.2 Å². The Kier molecular flexibility index (Phi) is 6.13. The molecule has 8 heteroatoms. The van der Waals surface area contributed by atoms with E-state index >= 15 is 0 Å². The van der Waals surface area contributed by atoms with Gasteiger partial charge in [-0.25, -0.2) is 4.90 Å². The number of fused-ring (bicyclic) bond motifs is 3. The number of hydrogen-bond acceptors (Lipinski definition) is 5. The average molecular weight is 588 g/mol. The fourth-order valence-electron chi connectivity index (χ4n) is 5.61. The van der Waals surface area contributed by atoms with Crippen molar-refractivity contribution >= 4 is 56.6 Å². The molecule has 3 aliphatic rings. The number of allylic oxidation sites excluding steroid dienone is 2. The minimum absolute atomic E-state index is 0.191. The molecule has 0 aromatic heterocycles.